The van der Waals surface area contributed by atoms with Crippen LogP contribution in [0.25, 0.3) is 0 Å². The van der Waals surface area contributed by atoms with Gasteiger partial charge in [-0.3, -0.25) is 9.59 Å². The molecular formula is C10H18O6W. The first-order valence-electron chi connectivity index (χ1n) is 3.97. The molecule has 4 N–H and O–H groups in total. The molecular weight excluding hydrogens is 400 g/mol. The van der Waals surface area contributed by atoms with Crippen LogP contribution in [0.4, 0.5) is 0 Å². The molecule has 0 bridgehead atoms. The number of hydrogen-bond donors (Lipinski definition) is 0. The van der Waals surface area contributed by atoms with E-state index in [9.17, 15) is 19.8 Å². The molecule has 0 saturated carbocycles. The topological polar surface area (TPSA) is 143 Å². The first-order valence-corrected chi connectivity index (χ1v) is 3.97. The number of ketones is 2. The normalized spacial score (nSPS) is 9.41. The van der Waals surface area contributed by atoms with Gasteiger partial charge in [0.25, 0.3) is 0 Å². The van der Waals surface area contributed by atoms with Gasteiger partial charge in [-0.25, -0.2) is 0 Å². The van der Waals surface area contributed by atoms with Gasteiger partial charge in [0.05, 0.1) is 0 Å². The van der Waals surface area contributed by atoms with Gasteiger partial charge < -0.3 is 21.2 Å². The third-order valence-corrected chi connectivity index (χ3v) is 0.813. The van der Waals surface area contributed by atoms with E-state index in [0.29, 0.717) is 0 Å². The predicted molar refractivity (Wildman–Crippen MR) is 56.1 cm³/mol. The fourth-order valence-corrected chi connectivity index (χ4v) is 0.572. The van der Waals surface area contributed by atoms with Crippen LogP contribution in [0.2, 0.25) is 0 Å². The molecule has 0 aromatic heterocycles. The number of allylic oxidation sites excluding steroid dienone is 4. The summed E-state index contributed by atoms with van der Waals surface area (Å²) in [4.78, 5) is 20.0. The molecule has 6 nitrogen and oxygen atoms in total. The van der Waals surface area contributed by atoms with E-state index in [1.54, 1.807) is 0 Å². The molecule has 0 radical (unpaired) electrons. The first-order chi connectivity index (χ1) is 6.25. The van der Waals surface area contributed by atoms with E-state index in [1.807, 2.05) is 0 Å². The molecule has 17 heavy (non-hydrogen) atoms. The molecule has 0 aliphatic heterocycles. The largest absolute Gasteiger partial charge is 2.00 e. The van der Waals surface area contributed by atoms with Crippen molar-refractivity contribution in [3.63, 3.8) is 0 Å². The zero-order valence-corrected chi connectivity index (χ0v) is 13.1. The van der Waals surface area contributed by atoms with Gasteiger partial charge in [-0.1, -0.05) is 13.8 Å². The van der Waals surface area contributed by atoms with E-state index >= 15 is 0 Å². The first kappa shape index (κ1) is 29.8. The summed E-state index contributed by atoms with van der Waals surface area (Å²) in [6.07, 6.45) is 2.11. The van der Waals surface area contributed by atoms with Crippen molar-refractivity contribution in [2.75, 3.05) is 0 Å². The van der Waals surface area contributed by atoms with E-state index in [2.05, 4.69) is 0 Å². The van der Waals surface area contributed by atoms with Crippen molar-refractivity contribution in [2.45, 2.75) is 27.7 Å². The van der Waals surface area contributed by atoms with Crippen molar-refractivity contribution < 1.29 is 51.8 Å². The van der Waals surface area contributed by atoms with Crippen LogP contribution in [-0.4, -0.2) is 22.5 Å². The van der Waals surface area contributed by atoms with Gasteiger partial charge in [0.2, 0.25) is 0 Å². The molecule has 0 aliphatic carbocycles. The third-order valence-electron chi connectivity index (χ3n) is 0.813. The maximum atomic E-state index is 9.98. The molecule has 0 heterocycles. The summed E-state index contributed by atoms with van der Waals surface area (Å²) in [6.45, 7) is 5.39. The minimum Gasteiger partial charge on any atom is -0.876 e. The minimum atomic E-state index is -0.187. The van der Waals surface area contributed by atoms with Crippen LogP contribution in [0.5, 0.6) is 0 Å². The molecule has 0 spiro atoms. The Bertz CT molecular complexity index is 234. The summed E-state index contributed by atoms with van der Waals surface area (Å²) in [5.74, 6) is -0.750. The quantitative estimate of drug-likeness (QED) is 0.379. The van der Waals surface area contributed by atoms with Crippen molar-refractivity contribution >= 4 is 11.6 Å². The maximum absolute atomic E-state index is 9.98. The van der Waals surface area contributed by atoms with E-state index in [-0.39, 0.29) is 55.1 Å². The summed E-state index contributed by atoms with van der Waals surface area (Å²) < 4.78 is 0. The van der Waals surface area contributed by atoms with Gasteiger partial charge >= 0.3 is 21.1 Å². The molecule has 0 saturated heterocycles. The average molecular weight is 418 g/mol. The molecule has 0 aromatic rings. The summed E-state index contributed by atoms with van der Waals surface area (Å²) in [5.41, 5.74) is 0. The Balaban J connectivity index is -0.0000000480. The molecule has 0 amide bonds. The Labute approximate surface area is 115 Å². The molecule has 0 aliphatic rings. The second-order valence-corrected chi connectivity index (χ2v) is 2.73. The van der Waals surface area contributed by atoms with Crippen LogP contribution in [0.1, 0.15) is 27.7 Å². The monoisotopic (exact) mass is 418 g/mol. The fourth-order valence-electron chi connectivity index (χ4n) is 0.572. The minimum absolute atomic E-state index is 0. The Morgan fingerprint density at radius 3 is 0.941 bits per heavy atom. The van der Waals surface area contributed by atoms with Gasteiger partial charge in [-0.15, -0.1) is 11.5 Å². The van der Waals surface area contributed by atoms with Crippen molar-refractivity contribution in [3.8, 4) is 0 Å². The zero-order valence-electron chi connectivity index (χ0n) is 10.2. The van der Waals surface area contributed by atoms with Crippen molar-refractivity contribution in [3.05, 3.63) is 23.7 Å². The fraction of sp³-hybridized carbons (Fsp3) is 0.400. The predicted octanol–water partition coefficient (Wildman–Crippen LogP) is -1.97. The van der Waals surface area contributed by atoms with Gasteiger partial charge in [-0.05, 0) is 26.0 Å². The third kappa shape index (κ3) is 51.6. The molecule has 0 aromatic carbocycles. The smallest absolute Gasteiger partial charge is 0.876 e. The molecule has 0 fully saturated rings. The number of hydrogen-bond acceptors (Lipinski definition) is 4. The summed E-state index contributed by atoms with van der Waals surface area (Å²) in [6, 6.07) is 0. The number of carbonyl (C=O) groups excluding carboxylic acids is 2. The van der Waals surface area contributed by atoms with Gasteiger partial charge in [-0.2, -0.15) is 0 Å². The van der Waals surface area contributed by atoms with E-state index in [1.165, 1.54) is 27.7 Å². The SMILES string of the molecule is CC(=O)C=C(C)[O-].CC(=O)C=C(C)[O-].O.O.[W+2]. The van der Waals surface area contributed by atoms with Crippen LogP contribution >= 0.6 is 0 Å². The molecule has 0 atom stereocenters. The van der Waals surface area contributed by atoms with Crippen molar-refractivity contribution in [1.29, 1.82) is 0 Å². The molecule has 100 valence electrons. The van der Waals surface area contributed by atoms with Gasteiger partial charge in [0.1, 0.15) is 0 Å². The van der Waals surface area contributed by atoms with E-state index in [4.69, 9.17) is 0 Å². The summed E-state index contributed by atoms with van der Waals surface area (Å²) >= 11 is 0. The number of rotatable bonds is 2. The summed E-state index contributed by atoms with van der Waals surface area (Å²) in [7, 11) is 0. The zero-order chi connectivity index (χ0) is 11.7. The molecule has 0 rings (SSSR count). The second-order valence-electron chi connectivity index (χ2n) is 2.73. The Kier molecular flexibility index (Phi) is 30.5. The Morgan fingerprint density at radius 2 is 0.941 bits per heavy atom. The summed E-state index contributed by atoms with van der Waals surface area (Å²) in [5, 5.41) is 20.0. The van der Waals surface area contributed by atoms with Crippen LogP contribution in [0, 0.1) is 0 Å². The maximum Gasteiger partial charge on any atom is 2.00 e. The Hall–Kier alpha value is -0.972. The van der Waals surface area contributed by atoms with Crippen LogP contribution < -0.4 is 10.2 Å². The van der Waals surface area contributed by atoms with E-state index in [0.717, 1.165) is 12.2 Å². The standard InChI is InChI=1S/2C5H8O2.2H2O.W/c2*1-4(6)3-5(2)7;;;/h2*3,6H,1-2H3;2*1H2;/q;;;;+2/p-2. The van der Waals surface area contributed by atoms with Crippen molar-refractivity contribution in [1.82, 2.24) is 0 Å². The average Bonchev–Trinajstić information content (AvgIpc) is 1.79. The van der Waals surface area contributed by atoms with Crippen LogP contribution in [-0.2, 0) is 30.7 Å². The van der Waals surface area contributed by atoms with Crippen molar-refractivity contribution in [2.24, 2.45) is 0 Å². The number of carbonyl (C=O) groups is 2. The van der Waals surface area contributed by atoms with Gasteiger partial charge in [0, 0.05) is 0 Å². The Morgan fingerprint density at radius 1 is 0.765 bits per heavy atom. The van der Waals surface area contributed by atoms with E-state index < -0.39 is 0 Å². The molecule has 7 heteroatoms. The van der Waals surface area contributed by atoms with Crippen LogP contribution in [0.15, 0.2) is 23.7 Å². The second kappa shape index (κ2) is 17.4. The van der Waals surface area contributed by atoms with Gasteiger partial charge in [0.15, 0.2) is 11.6 Å². The molecule has 0 unspecified atom stereocenters. The van der Waals surface area contributed by atoms with Crippen LogP contribution in [0.3, 0.4) is 0 Å².